The molecule has 244 valence electrons. The molecule has 0 saturated carbocycles. The molecule has 1 heterocycles. The Bertz CT molecular complexity index is 2210. The van der Waals surface area contributed by atoms with E-state index in [2.05, 4.69) is 29.2 Å². The van der Waals surface area contributed by atoms with Gasteiger partial charge in [0.1, 0.15) is 5.41 Å². The molecule has 0 amide bonds. The van der Waals surface area contributed by atoms with Crippen molar-refractivity contribution < 1.29 is 13.2 Å². The number of fused-ring (bicyclic) bond motifs is 2. The van der Waals surface area contributed by atoms with Gasteiger partial charge >= 0.3 is 6.18 Å². The molecule has 7 aromatic rings. The third-order valence-corrected chi connectivity index (χ3v) is 9.73. The van der Waals surface area contributed by atoms with E-state index >= 15 is 13.2 Å². The number of hydrogen-bond acceptors (Lipinski definition) is 2. The highest BCUT2D eigenvalue weighted by molar-refractivity contribution is 5.89. The summed E-state index contributed by atoms with van der Waals surface area (Å²) in [7, 11) is 0. The number of benzene rings is 7. The van der Waals surface area contributed by atoms with Crippen LogP contribution >= 0.6 is 0 Å². The van der Waals surface area contributed by atoms with E-state index in [4.69, 9.17) is 0 Å². The molecule has 0 radical (unpaired) electrons. The molecular formula is C45H33F3N2. The number of para-hydroxylation sites is 3. The largest absolute Gasteiger partial charge is 0.402 e. The summed E-state index contributed by atoms with van der Waals surface area (Å²) in [4.78, 5) is 4.12. The van der Waals surface area contributed by atoms with E-state index in [1.807, 2.05) is 150 Å². The van der Waals surface area contributed by atoms with Crippen LogP contribution in [0, 0.1) is 0 Å². The van der Waals surface area contributed by atoms with Crippen LogP contribution in [0.5, 0.6) is 0 Å². The Morgan fingerprint density at radius 2 is 0.820 bits per heavy atom. The van der Waals surface area contributed by atoms with Crippen LogP contribution in [-0.4, -0.2) is 6.18 Å². The van der Waals surface area contributed by atoms with Gasteiger partial charge in [-0.1, -0.05) is 109 Å². The summed E-state index contributed by atoms with van der Waals surface area (Å²) in [5.41, 5.74) is 6.10. The first kappa shape index (κ1) is 31.2. The highest BCUT2D eigenvalue weighted by atomic mass is 19.4. The van der Waals surface area contributed by atoms with Gasteiger partial charge in [-0.15, -0.1) is 0 Å². The van der Waals surface area contributed by atoms with E-state index in [1.165, 1.54) is 6.92 Å². The minimum Gasteiger partial charge on any atom is -0.311 e. The quantitative estimate of drug-likeness (QED) is 0.175. The van der Waals surface area contributed by atoms with Gasteiger partial charge in [-0.25, -0.2) is 0 Å². The molecule has 1 aliphatic heterocycles. The predicted molar refractivity (Wildman–Crippen MR) is 199 cm³/mol. The van der Waals surface area contributed by atoms with Crippen LogP contribution in [-0.2, 0) is 5.41 Å². The lowest BCUT2D eigenvalue weighted by molar-refractivity contribution is -0.173. The average molecular weight is 659 g/mol. The summed E-state index contributed by atoms with van der Waals surface area (Å²) in [5, 5.41) is 0. The lowest BCUT2D eigenvalue weighted by atomic mass is 9.70. The Hall–Kier alpha value is -6.07. The molecule has 8 rings (SSSR count). The zero-order chi connectivity index (χ0) is 34.3. The van der Waals surface area contributed by atoms with Gasteiger partial charge in [-0.3, -0.25) is 0 Å². The number of nitrogens with zero attached hydrogens (tertiary/aromatic N) is 2. The first-order valence-corrected chi connectivity index (χ1v) is 16.6. The number of hydrogen-bond donors (Lipinski definition) is 0. The van der Waals surface area contributed by atoms with Gasteiger partial charge in [0.2, 0.25) is 0 Å². The lowest BCUT2D eigenvalue weighted by Gasteiger charge is -2.45. The van der Waals surface area contributed by atoms with Crippen LogP contribution in [0.4, 0.5) is 47.3 Å². The maximum absolute atomic E-state index is 15.7. The molecule has 1 unspecified atom stereocenters. The van der Waals surface area contributed by atoms with Crippen LogP contribution in [0.3, 0.4) is 0 Å². The molecule has 0 aliphatic carbocycles. The molecule has 0 spiro atoms. The standard InChI is InChI=1S/C45H33F3N2/c1-44(45(46,47)48)40-30-34(32-14-6-2-7-15-32)24-28-42(40)50(38-20-12-5-13-21-38)43-29-25-35(31-41(43)44)33-22-26-39(27-23-33)49(36-16-8-3-9-17-36)37-18-10-4-11-19-37/h2-31H,1H3. The Labute approximate surface area is 290 Å². The van der Waals surface area contributed by atoms with E-state index in [1.54, 1.807) is 12.1 Å². The van der Waals surface area contributed by atoms with Crippen molar-refractivity contribution in [3.63, 3.8) is 0 Å². The van der Waals surface area contributed by atoms with Crippen molar-refractivity contribution in [1.29, 1.82) is 0 Å². The van der Waals surface area contributed by atoms with Crippen molar-refractivity contribution in [1.82, 2.24) is 0 Å². The van der Waals surface area contributed by atoms with E-state index < -0.39 is 11.6 Å². The van der Waals surface area contributed by atoms with Gasteiger partial charge in [0.25, 0.3) is 0 Å². The fraction of sp³-hybridized carbons (Fsp3) is 0.0667. The van der Waals surface area contributed by atoms with Crippen molar-refractivity contribution in [2.75, 3.05) is 9.80 Å². The zero-order valence-corrected chi connectivity index (χ0v) is 27.3. The second-order valence-corrected chi connectivity index (χ2v) is 12.7. The Morgan fingerprint density at radius 1 is 0.440 bits per heavy atom. The van der Waals surface area contributed by atoms with E-state index in [9.17, 15) is 0 Å². The number of anilines is 6. The van der Waals surface area contributed by atoms with Gasteiger partial charge < -0.3 is 9.80 Å². The Balaban J connectivity index is 1.28. The van der Waals surface area contributed by atoms with E-state index in [-0.39, 0.29) is 11.1 Å². The normalized spacial score (nSPS) is 15.2. The molecule has 1 atom stereocenters. The fourth-order valence-electron chi connectivity index (χ4n) is 7.09. The molecular weight excluding hydrogens is 626 g/mol. The summed E-state index contributed by atoms with van der Waals surface area (Å²) >= 11 is 0. The molecule has 50 heavy (non-hydrogen) atoms. The third kappa shape index (κ3) is 5.32. The van der Waals surface area contributed by atoms with Gasteiger partial charge in [0.05, 0.1) is 11.4 Å². The Kier molecular flexibility index (Phi) is 7.76. The predicted octanol–water partition coefficient (Wildman–Crippen LogP) is 13.1. The van der Waals surface area contributed by atoms with Crippen LogP contribution in [0.1, 0.15) is 18.1 Å². The lowest BCUT2D eigenvalue weighted by Crippen LogP contribution is -2.44. The maximum atomic E-state index is 15.7. The maximum Gasteiger partial charge on any atom is 0.402 e. The van der Waals surface area contributed by atoms with E-state index in [0.29, 0.717) is 16.9 Å². The molecule has 2 nitrogen and oxygen atoms in total. The van der Waals surface area contributed by atoms with Crippen LogP contribution in [0.2, 0.25) is 0 Å². The average Bonchev–Trinajstić information content (AvgIpc) is 3.16. The molecule has 0 fully saturated rings. The highest BCUT2D eigenvalue weighted by Gasteiger charge is 2.58. The molecule has 0 N–H and O–H groups in total. The Morgan fingerprint density at radius 3 is 1.28 bits per heavy atom. The number of alkyl halides is 3. The summed E-state index contributed by atoms with van der Waals surface area (Å²) in [6.45, 7) is 1.33. The minimum atomic E-state index is -4.58. The van der Waals surface area contributed by atoms with Crippen LogP contribution < -0.4 is 9.80 Å². The number of halogens is 3. The summed E-state index contributed by atoms with van der Waals surface area (Å²) in [5.74, 6) is 0. The monoisotopic (exact) mass is 658 g/mol. The molecule has 7 aromatic carbocycles. The molecule has 0 saturated heterocycles. The van der Waals surface area contributed by atoms with Crippen molar-refractivity contribution in [2.24, 2.45) is 0 Å². The highest BCUT2D eigenvalue weighted by Crippen LogP contribution is 2.59. The molecule has 5 heteroatoms. The summed E-state index contributed by atoms with van der Waals surface area (Å²) in [6.07, 6.45) is -4.58. The van der Waals surface area contributed by atoms with Gasteiger partial charge in [0.15, 0.2) is 0 Å². The second-order valence-electron chi connectivity index (χ2n) is 12.7. The molecule has 0 bridgehead atoms. The zero-order valence-electron chi connectivity index (χ0n) is 27.3. The van der Waals surface area contributed by atoms with Crippen molar-refractivity contribution in [3.8, 4) is 22.3 Å². The van der Waals surface area contributed by atoms with Crippen molar-refractivity contribution in [2.45, 2.75) is 18.5 Å². The number of rotatable bonds is 6. The summed E-state index contributed by atoms with van der Waals surface area (Å²) in [6, 6.07) is 58.4. The second kappa shape index (κ2) is 12.4. The molecule has 0 aromatic heterocycles. The van der Waals surface area contributed by atoms with Crippen molar-refractivity contribution in [3.05, 3.63) is 193 Å². The topological polar surface area (TPSA) is 6.48 Å². The smallest absolute Gasteiger partial charge is 0.311 e. The van der Waals surface area contributed by atoms with Crippen LogP contribution in [0.15, 0.2) is 182 Å². The SMILES string of the molecule is CC1(C(F)(F)F)c2cc(-c3ccccc3)ccc2N(c2ccccc2)c2ccc(-c3ccc(N(c4ccccc4)c4ccccc4)cc3)cc21. The van der Waals surface area contributed by atoms with Crippen LogP contribution in [0.25, 0.3) is 22.3 Å². The molecule has 1 aliphatic rings. The van der Waals surface area contributed by atoms with Gasteiger partial charge in [-0.2, -0.15) is 13.2 Å². The van der Waals surface area contributed by atoms with Gasteiger partial charge in [0, 0.05) is 22.7 Å². The van der Waals surface area contributed by atoms with Gasteiger partial charge in [-0.05, 0) is 113 Å². The van der Waals surface area contributed by atoms with Crippen molar-refractivity contribution >= 4 is 34.1 Å². The summed E-state index contributed by atoms with van der Waals surface area (Å²) < 4.78 is 47.2. The minimum absolute atomic E-state index is 0.211. The third-order valence-electron chi connectivity index (χ3n) is 9.73. The first-order valence-electron chi connectivity index (χ1n) is 16.6. The van der Waals surface area contributed by atoms with E-state index in [0.717, 1.165) is 39.4 Å². The first-order chi connectivity index (χ1) is 24.3. The fourth-order valence-corrected chi connectivity index (χ4v) is 7.09.